The second-order valence-electron chi connectivity index (χ2n) is 10.7. The van der Waals surface area contributed by atoms with Crippen molar-refractivity contribution in [3.8, 4) is 0 Å². The molecule has 0 aromatic heterocycles. The Labute approximate surface area is 230 Å². The van der Waals surface area contributed by atoms with E-state index in [9.17, 15) is 18.0 Å². The van der Waals surface area contributed by atoms with Crippen molar-refractivity contribution in [2.75, 3.05) is 38.0 Å². The van der Waals surface area contributed by atoms with Crippen LogP contribution in [-0.4, -0.2) is 68.8 Å². The third kappa shape index (κ3) is 6.00. The van der Waals surface area contributed by atoms with E-state index >= 15 is 0 Å². The second kappa shape index (κ2) is 11.5. The van der Waals surface area contributed by atoms with Gasteiger partial charge in [-0.25, -0.2) is 13.1 Å². The Morgan fingerprint density at radius 3 is 2.33 bits per heavy atom. The number of fused-ring (bicyclic) bond motifs is 1. The molecule has 2 aliphatic heterocycles. The summed E-state index contributed by atoms with van der Waals surface area (Å²) in [5.74, 6) is -0.138. The summed E-state index contributed by atoms with van der Waals surface area (Å²) in [5.41, 5.74) is 1.98. The van der Waals surface area contributed by atoms with Gasteiger partial charge >= 0.3 is 0 Å². The van der Waals surface area contributed by atoms with Gasteiger partial charge in [0.05, 0.1) is 11.4 Å². The molecular weight excluding hydrogens is 512 g/mol. The van der Waals surface area contributed by atoms with Crippen molar-refractivity contribution in [1.82, 2.24) is 14.5 Å². The normalized spacial score (nSPS) is 20.3. The van der Waals surface area contributed by atoms with Crippen molar-refractivity contribution in [3.63, 3.8) is 0 Å². The summed E-state index contributed by atoms with van der Waals surface area (Å²) in [4.78, 5) is 30.0. The first kappa shape index (κ1) is 27.3. The van der Waals surface area contributed by atoms with Gasteiger partial charge in [0.15, 0.2) is 0 Å². The molecule has 0 aliphatic carbocycles. The summed E-state index contributed by atoms with van der Waals surface area (Å²) in [7, 11) is -3.85. The van der Waals surface area contributed by atoms with E-state index in [0.717, 1.165) is 31.5 Å². The second-order valence-corrected chi connectivity index (χ2v) is 12.4. The van der Waals surface area contributed by atoms with Crippen molar-refractivity contribution < 1.29 is 18.0 Å². The molecule has 2 atom stereocenters. The number of carbonyl (C=O) groups excluding carboxylic acids is 2. The molecule has 2 fully saturated rings. The summed E-state index contributed by atoms with van der Waals surface area (Å²) in [6.45, 7) is 7.33. The van der Waals surface area contributed by atoms with Gasteiger partial charge in [-0.05, 0) is 69.0 Å². The number of hydrogen-bond acceptors (Lipinski definition) is 5. The fourth-order valence-corrected chi connectivity index (χ4v) is 7.26. The van der Waals surface area contributed by atoms with E-state index in [0.29, 0.717) is 48.1 Å². The van der Waals surface area contributed by atoms with Gasteiger partial charge in [0.25, 0.3) is 5.91 Å². The Bertz CT molecular complexity index is 1480. The minimum Gasteiger partial charge on any atom is -0.341 e. The summed E-state index contributed by atoms with van der Waals surface area (Å²) in [6.07, 6.45) is 2.85. The minimum absolute atomic E-state index is 0.0185. The van der Waals surface area contributed by atoms with Crippen LogP contribution in [0.4, 0.5) is 5.69 Å². The van der Waals surface area contributed by atoms with Crippen LogP contribution < -0.4 is 10.0 Å². The van der Waals surface area contributed by atoms with E-state index in [1.165, 1.54) is 0 Å². The summed E-state index contributed by atoms with van der Waals surface area (Å²) in [5, 5.41) is 4.15. The van der Waals surface area contributed by atoms with Gasteiger partial charge in [0.1, 0.15) is 0 Å². The predicted octanol–water partition coefficient (Wildman–Crippen LogP) is 4.01. The van der Waals surface area contributed by atoms with Crippen LogP contribution in [0.3, 0.4) is 0 Å². The molecule has 0 bridgehead atoms. The van der Waals surface area contributed by atoms with Crippen LogP contribution in [-0.2, 0) is 14.8 Å². The average Bonchev–Trinajstić information content (AvgIpc) is 3.43. The molecule has 2 amide bonds. The third-order valence-electron chi connectivity index (χ3n) is 7.93. The zero-order chi connectivity index (χ0) is 27.6. The quantitative estimate of drug-likeness (QED) is 0.465. The van der Waals surface area contributed by atoms with Crippen molar-refractivity contribution >= 4 is 38.3 Å². The summed E-state index contributed by atoms with van der Waals surface area (Å²) < 4.78 is 30.2. The maximum atomic E-state index is 13.6. The number of rotatable bonds is 7. The van der Waals surface area contributed by atoms with Crippen LogP contribution in [0.25, 0.3) is 10.8 Å². The van der Waals surface area contributed by atoms with E-state index in [4.69, 9.17) is 0 Å². The smallest absolute Gasteiger partial charge is 0.255 e. The maximum absolute atomic E-state index is 13.6. The number of benzene rings is 3. The van der Waals surface area contributed by atoms with E-state index in [1.54, 1.807) is 30.3 Å². The van der Waals surface area contributed by atoms with E-state index in [-0.39, 0.29) is 28.7 Å². The number of anilines is 1. The molecular formula is C30H36N4O4S. The third-order valence-corrected chi connectivity index (χ3v) is 9.48. The van der Waals surface area contributed by atoms with Crippen LogP contribution in [0.15, 0.2) is 65.6 Å². The first-order valence-corrected chi connectivity index (χ1v) is 15.1. The lowest BCUT2D eigenvalue weighted by Gasteiger charge is -2.37. The Kier molecular flexibility index (Phi) is 8.02. The topological polar surface area (TPSA) is 98.8 Å². The number of amides is 2. The maximum Gasteiger partial charge on any atom is 0.255 e. The van der Waals surface area contributed by atoms with Gasteiger partial charge in [0, 0.05) is 41.2 Å². The van der Waals surface area contributed by atoms with Crippen LogP contribution in [0.1, 0.15) is 42.1 Å². The highest BCUT2D eigenvalue weighted by Gasteiger charge is 2.33. The molecule has 5 rings (SSSR count). The molecule has 0 saturated carbocycles. The van der Waals surface area contributed by atoms with Gasteiger partial charge in [-0.1, -0.05) is 49.4 Å². The highest BCUT2D eigenvalue weighted by molar-refractivity contribution is 7.89. The highest BCUT2D eigenvalue weighted by atomic mass is 32.2. The largest absolute Gasteiger partial charge is 0.341 e. The molecule has 2 N–H and O–H groups in total. The zero-order valence-electron chi connectivity index (χ0n) is 22.5. The van der Waals surface area contributed by atoms with Crippen LogP contribution in [0.2, 0.25) is 0 Å². The van der Waals surface area contributed by atoms with E-state index < -0.39 is 10.0 Å². The Morgan fingerprint density at radius 1 is 0.923 bits per heavy atom. The molecule has 2 heterocycles. The molecule has 206 valence electrons. The fraction of sp³-hybridized carbons (Fsp3) is 0.400. The predicted molar refractivity (Wildman–Crippen MR) is 153 cm³/mol. The van der Waals surface area contributed by atoms with Crippen LogP contribution in [0.5, 0.6) is 0 Å². The molecule has 39 heavy (non-hydrogen) atoms. The Hall–Kier alpha value is -3.27. The standard InChI is InChI=1S/C30H36N4O4S/c1-21-9-3-4-10-23(21)30(36)31-27-13-14-28(25-12-6-5-11-24(25)27)39(37,38)32-26-15-18-34(19-22(26)2)29(35)20-33-16-7-8-17-33/h3-6,9-14,22,26,32H,7-8,15-20H2,1-2H3,(H,31,36)/t22-,26+/m1/s1. The molecule has 2 aliphatic rings. The lowest BCUT2D eigenvalue weighted by Crippen LogP contribution is -2.53. The zero-order valence-corrected chi connectivity index (χ0v) is 23.3. The number of sulfonamides is 1. The lowest BCUT2D eigenvalue weighted by atomic mass is 9.95. The molecule has 0 unspecified atom stereocenters. The number of likely N-dealkylation sites (tertiary alicyclic amines) is 2. The van der Waals surface area contributed by atoms with Gasteiger partial charge < -0.3 is 10.2 Å². The van der Waals surface area contributed by atoms with Gasteiger partial charge in [-0.15, -0.1) is 0 Å². The first-order valence-electron chi connectivity index (χ1n) is 13.6. The van der Waals surface area contributed by atoms with Gasteiger partial charge in [0.2, 0.25) is 15.9 Å². The number of hydrogen-bond donors (Lipinski definition) is 2. The molecule has 3 aromatic rings. The number of nitrogens with zero attached hydrogens (tertiary/aromatic N) is 2. The number of carbonyl (C=O) groups is 2. The minimum atomic E-state index is -3.85. The van der Waals surface area contributed by atoms with Gasteiger partial charge in [-0.2, -0.15) is 0 Å². The van der Waals surface area contributed by atoms with Crippen LogP contribution >= 0.6 is 0 Å². The lowest BCUT2D eigenvalue weighted by molar-refractivity contribution is -0.134. The molecule has 0 radical (unpaired) electrons. The Morgan fingerprint density at radius 2 is 1.62 bits per heavy atom. The molecule has 3 aromatic carbocycles. The van der Waals surface area contributed by atoms with Crippen molar-refractivity contribution in [3.05, 3.63) is 71.8 Å². The molecule has 0 spiro atoms. The molecule has 9 heteroatoms. The SMILES string of the molecule is Cc1ccccc1C(=O)Nc1ccc(S(=O)(=O)N[C@H]2CCN(C(=O)CN3CCCC3)C[C@H]2C)c2ccccc12. The summed E-state index contributed by atoms with van der Waals surface area (Å²) in [6, 6.07) is 17.5. The highest BCUT2D eigenvalue weighted by Crippen LogP contribution is 2.31. The first-order chi connectivity index (χ1) is 18.7. The monoisotopic (exact) mass is 548 g/mol. The van der Waals surface area contributed by atoms with E-state index in [2.05, 4.69) is 14.9 Å². The van der Waals surface area contributed by atoms with Gasteiger partial charge in [-0.3, -0.25) is 14.5 Å². The van der Waals surface area contributed by atoms with Crippen LogP contribution in [0, 0.1) is 12.8 Å². The van der Waals surface area contributed by atoms with Crippen molar-refractivity contribution in [2.24, 2.45) is 5.92 Å². The van der Waals surface area contributed by atoms with Crippen molar-refractivity contribution in [2.45, 2.75) is 44.0 Å². The van der Waals surface area contributed by atoms with E-state index in [1.807, 2.05) is 49.1 Å². The average molecular weight is 549 g/mol. The number of piperidine rings is 1. The number of nitrogens with one attached hydrogen (secondary N) is 2. The summed E-state index contributed by atoms with van der Waals surface area (Å²) >= 11 is 0. The Balaban J connectivity index is 1.31. The van der Waals surface area contributed by atoms with Crippen molar-refractivity contribution in [1.29, 1.82) is 0 Å². The number of aryl methyl sites for hydroxylation is 1. The molecule has 2 saturated heterocycles. The fourth-order valence-electron chi connectivity index (χ4n) is 5.67. The molecule has 8 nitrogen and oxygen atoms in total.